The standard InChI is InChI=1S/C23H26N4O2S2/c1-4-5-6-13-27-15(2)19(22-25-21(26-29-22)18-8-7-14-31-18)20(24-23(27)28)16-9-11-17(30-3)12-10-16/h7-12,14,20H,4-6,13H2,1-3H3,(H,24,28). The molecule has 8 heteroatoms. The molecule has 0 fully saturated rings. The molecule has 6 nitrogen and oxygen atoms in total. The van der Waals surface area contributed by atoms with E-state index in [1.165, 1.54) is 4.90 Å². The van der Waals surface area contributed by atoms with E-state index in [0.717, 1.165) is 41.0 Å². The first-order valence-electron chi connectivity index (χ1n) is 10.4. The summed E-state index contributed by atoms with van der Waals surface area (Å²) in [5.41, 5.74) is 2.70. The van der Waals surface area contributed by atoms with Gasteiger partial charge < -0.3 is 9.84 Å². The number of hydrogen-bond donors (Lipinski definition) is 1. The van der Waals surface area contributed by atoms with Crippen molar-refractivity contribution in [3.63, 3.8) is 0 Å². The van der Waals surface area contributed by atoms with Crippen molar-refractivity contribution >= 4 is 34.7 Å². The third-order valence-corrected chi connectivity index (χ3v) is 7.04. The van der Waals surface area contributed by atoms with Crippen molar-refractivity contribution in [3.05, 3.63) is 58.9 Å². The van der Waals surface area contributed by atoms with E-state index in [2.05, 4.69) is 34.5 Å². The minimum absolute atomic E-state index is 0.0886. The molecule has 0 saturated heterocycles. The number of benzene rings is 1. The van der Waals surface area contributed by atoms with Crippen molar-refractivity contribution in [1.29, 1.82) is 0 Å². The molecule has 1 aliphatic heterocycles. The fourth-order valence-corrected chi connectivity index (χ4v) is 4.79. The lowest BCUT2D eigenvalue weighted by Crippen LogP contribution is -2.46. The van der Waals surface area contributed by atoms with Crippen LogP contribution in [0.1, 0.15) is 50.6 Å². The number of thiophene rings is 1. The number of unbranched alkanes of at least 4 members (excludes halogenated alkanes) is 2. The molecule has 1 aliphatic rings. The lowest BCUT2D eigenvalue weighted by molar-refractivity contribution is 0.204. The van der Waals surface area contributed by atoms with E-state index in [1.54, 1.807) is 28.0 Å². The Hall–Kier alpha value is -2.58. The third-order valence-electron chi connectivity index (χ3n) is 5.43. The summed E-state index contributed by atoms with van der Waals surface area (Å²) in [5, 5.41) is 9.35. The van der Waals surface area contributed by atoms with Gasteiger partial charge in [0.2, 0.25) is 5.82 Å². The van der Waals surface area contributed by atoms with Gasteiger partial charge in [0.15, 0.2) is 0 Å². The second-order valence-electron chi connectivity index (χ2n) is 7.41. The maximum Gasteiger partial charge on any atom is 0.322 e. The van der Waals surface area contributed by atoms with Crippen molar-refractivity contribution in [3.8, 4) is 10.7 Å². The van der Waals surface area contributed by atoms with Gasteiger partial charge >= 0.3 is 6.03 Å². The van der Waals surface area contributed by atoms with E-state index in [1.807, 2.05) is 42.8 Å². The highest BCUT2D eigenvalue weighted by Crippen LogP contribution is 2.38. The van der Waals surface area contributed by atoms with Crippen LogP contribution in [0, 0.1) is 0 Å². The Morgan fingerprint density at radius 2 is 2.03 bits per heavy atom. The van der Waals surface area contributed by atoms with E-state index >= 15 is 0 Å². The molecule has 2 amide bonds. The van der Waals surface area contributed by atoms with Gasteiger partial charge in [0.05, 0.1) is 16.5 Å². The van der Waals surface area contributed by atoms with Gasteiger partial charge in [-0.2, -0.15) is 4.98 Å². The van der Waals surface area contributed by atoms with E-state index < -0.39 is 0 Å². The number of nitrogens with zero attached hydrogens (tertiary/aromatic N) is 3. The minimum Gasteiger partial charge on any atom is -0.334 e. The van der Waals surface area contributed by atoms with Gasteiger partial charge in [0.1, 0.15) is 0 Å². The summed E-state index contributed by atoms with van der Waals surface area (Å²) in [6.07, 6.45) is 5.18. The number of urea groups is 1. The van der Waals surface area contributed by atoms with E-state index in [-0.39, 0.29) is 12.1 Å². The molecule has 1 atom stereocenters. The molecule has 31 heavy (non-hydrogen) atoms. The van der Waals surface area contributed by atoms with Crippen LogP contribution in [0.3, 0.4) is 0 Å². The highest BCUT2D eigenvalue weighted by atomic mass is 32.2. The Morgan fingerprint density at radius 1 is 1.23 bits per heavy atom. The largest absolute Gasteiger partial charge is 0.334 e. The molecule has 0 radical (unpaired) electrons. The molecule has 1 unspecified atom stereocenters. The van der Waals surface area contributed by atoms with Crippen molar-refractivity contribution in [2.24, 2.45) is 0 Å². The molecule has 1 aromatic carbocycles. The normalized spacial score (nSPS) is 16.7. The first-order valence-corrected chi connectivity index (χ1v) is 12.5. The highest BCUT2D eigenvalue weighted by molar-refractivity contribution is 7.98. The molecule has 3 heterocycles. The predicted molar refractivity (Wildman–Crippen MR) is 126 cm³/mol. The van der Waals surface area contributed by atoms with Crippen molar-refractivity contribution in [1.82, 2.24) is 20.4 Å². The maximum atomic E-state index is 13.0. The number of rotatable bonds is 8. The number of thioether (sulfide) groups is 1. The highest BCUT2D eigenvalue weighted by Gasteiger charge is 2.35. The number of amides is 2. The van der Waals surface area contributed by atoms with Crippen molar-refractivity contribution < 1.29 is 9.32 Å². The Bertz CT molecular complexity index is 1060. The Labute approximate surface area is 190 Å². The quantitative estimate of drug-likeness (QED) is 0.324. The van der Waals surface area contributed by atoms with Gasteiger partial charge in [0, 0.05) is 17.1 Å². The summed E-state index contributed by atoms with van der Waals surface area (Å²) in [6, 6.07) is 11.7. The molecule has 2 aromatic heterocycles. The average molecular weight is 455 g/mol. The summed E-state index contributed by atoms with van der Waals surface area (Å²) < 4.78 is 5.71. The van der Waals surface area contributed by atoms with Gasteiger partial charge in [-0.25, -0.2) is 4.79 Å². The van der Waals surface area contributed by atoms with E-state index in [4.69, 9.17) is 4.52 Å². The third kappa shape index (κ3) is 4.55. The molecule has 3 aromatic rings. The van der Waals surface area contributed by atoms with Gasteiger partial charge in [-0.3, -0.25) is 4.90 Å². The summed E-state index contributed by atoms with van der Waals surface area (Å²) in [4.78, 5) is 21.6. The maximum absolute atomic E-state index is 13.0. The van der Waals surface area contributed by atoms with Gasteiger partial charge in [-0.1, -0.05) is 43.1 Å². The second-order valence-corrected chi connectivity index (χ2v) is 9.24. The fraction of sp³-hybridized carbons (Fsp3) is 0.348. The van der Waals surface area contributed by atoms with Crippen LogP contribution in [0.2, 0.25) is 0 Å². The number of carbonyl (C=O) groups is 1. The number of aromatic nitrogens is 2. The molecule has 162 valence electrons. The van der Waals surface area contributed by atoms with Gasteiger partial charge in [-0.05, 0) is 48.7 Å². The Balaban J connectivity index is 1.75. The molecular formula is C23H26N4O2S2. The Kier molecular flexibility index (Phi) is 6.77. The minimum atomic E-state index is -0.345. The van der Waals surface area contributed by atoms with Crippen LogP contribution in [-0.2, 0) is 0 Å². The van der Waals surface area contributed by atoms with Crippen LogP contribution in [0.4, 0.5) is 4.79 Å². The van der Waals surface area contributed by atoms with E-state index in [9.17, 15) is 4.79 Å². The second kappa shape index (κ2) is 9.70. The number of allylic oxidation sites excluding steroid dienone is 1. The summed E-state index contributed by atoms with van der Waals surface area (Å²) in [5.74, 6) is 1.01. The van der Waals surface area contributed by atoms with Crippen LogP contribution >= 0.6 is 23.1 Å². The predicted octanol–water partition coefficient (Wildman–Crippen LogP) is 6.21. The van der Waals surface area contributed by atoms with Gasteiger partial charge in [-0.15, -0.1) is 23.1 Å². The molecule has 0 saturated carbocycles. The molecule has 0 bridgehead atoms. The lowest BCUT2D eigenvalue weighted by atomic mass is 9.94. The van der Waals surface area contributed by atoms with Crippen LogP contribution in [0.5, 0.6) is 0 Å². The fourth-order valence-electron chi connectivity index (χ4n) is 3.73. The van der Waals surface area contributed by atoms with Gasteiger partial charge in [0.25, 0.3) is 5.89 Å². The zero-order valence-corrected chi connectivity index (χ0v) is 19.6. The van der Waals surface area contributed by atoms with Crippen LogP contribution in [-0.4, -0.2) is 33.9 Å². The SMILES string of the molecule is CCCCCN1C(=O)NC(c2ccc(SC)cc2)C(c2nc(-c3cccs3)no2)=C1C. The zero-order chi connectivity index (χ0) is 21.8. The molecule has 0 spiro atoms. The van der Waals surface area contributed by atoms with Crippen LogP contribution < -0.4 is 5.32 Å². The summed E-state index contributed by atoms with van der Waals surface area (Å²) in [6.45, 7) is 4.79. The molecule has 1 N–H and O–H groups in total. The summed E-state index contributed by atoms with van der Waals surface area (Å²) >= 11 is 3.26. The number of nitrogens with one attached hydrogen (secondary N) is 1. The zero-order valence-electron chi connectivity index (χ0n) is 17.9. The Morgan fingerprint density at radius 3 is 2.71 bits per heavy atom. The topological polar surface area (TPSA) is 71.3 Å². The lowest BCUT2D eigenvalue weighted by Gasteiger charge is -2.35. The molecule has 4 rings (SSSR count). The number of carbonyl (C=O) groups excluding carboxylic acids is 1. The number of hydrogen-bond acceptors (Lipinski definition) is 6. The summed E-state index contributed by atoms with van der Waals surface area (Å²) in [7, 11) is 0. The van der Waals surface area contributed by atoms with E-state index in [0.29, 0.717) is 18.3 Å². The monoisotopic (exact) mass is 454 g/mol. The van der Waals surface area contributed by atoms with Crippen LogP contribution in [0.15, 0.2) is 56.9 Å². The molecular weight excluding hydrogens is 428 g/mol. The first-order chi connectivity index (χ1) is 15.1. The average Bonchev–Trinajstić information content (AvgIpc) is 3.48. The van der Waals surface area contributed by atoms with Crippen molar-refractivity contribution in [2.75, 3.05) is 12.8 Å². The first kappa shape index (κ1) is 21.6. The van der Waals surface area contributed by atoms with Crippen LogP contribution in [0.25, 0.3) is 16.3 Å². The van der Waals surface area contributed by atoms with Crippen molar-refractivity contribution in [2.45, 2.75) is 44.0 Å². The molecule has 0 aliphatic carbocycles. The smallest absolute Gasteiger partial charge is 0.322 e.